The molecule has 1 aromatic heterocycles. The summed E-state index contributed by atoms with van der Waals surface area (Å²) < 4.78 is 9.41. The van der Waals surface area contributed by atoms with Crippen LogP contribution in [0.25, 0.3) is 0 Å². The van der Waals surface area contributed by atoms with Crippen LogP contribution in [-0.2, 0) is 0 Å². The van der Waals surface area contributed by atoms with Gasteiger partial charge >= 0.3 is 0 Å². The van der Waals surface area contributed by atoms with Gasteiger partial charge in [-0.05, 0) is 44.2 Å². The molecule has 6 heteroatoms. The van der Waals surface area contributed by atoms with Gasteiger partial charge in [0, 0.05) is 23.8 Å². The average Bonchev–Trinajstić information content (AvgIpc) is 2.86. The summed E-state index contributed by atoms with van der Waals surface area (Å²) in [6, 6.07) is 7.93. The van der Waals surface area contributed by atoms with Gasteiger partial charge in [0.05, 0.1) is 7.11 Å². The van der Waals surface area contributed by atoms with E-state index in [0.717, 1.165) is 35.4 Å². The number of benzene rings is 1. The zero-order chi connectivity index (χ0) is 13.7. The first-order valence-electron chi connectivity index (χ1n) is 6.16. The van der Waals surface area contributed by atoms with Crippen molar-refractivity contribution in [1.82, 2.24) is 9.36 Å². The van der Waals surface area contributed by atoms with Gasteiger partial charge in [-0.15, -0.1) is 0 Å². The van der Waals surface area contributed by atoms with Gasteiger partial charge in [0.25, 0.3) is 0 Å². The Hall–Kier alpha value is -1.66. The van der Waals surface area contributed by atoms with Crippen LogP contribution in [-0.4, -0.2) is 29.6 Å². The standard InChI is InChI=1S/C13H18N4OS/c1-10-15-13(19-16-10)17(9-3-8-14)11-4-6-12(18-2)7-5-11/h4-7H,3,8-9,14H2,1-2H3. The normalized spacial score (nSPS) is 10.5. The van der Waals surface area contributed by atoms with Crippen LogP contribution in [0.5, 0.6) is 5.75 Å². The number of nitrogens with zero attached hydrogens (tertiary/aromatic N) is 3. The molecule has 0 aliphatic rings. The predicted octanol–water partition coefficient (Wildman–Crippen LogP) is 2.34. The molecule has 0 spiro atoms. The Morgan fingerprint density at radius 1 is 1.32 bits per heavy atom. The Morgan fingerprint density at radius 3 is 2.58 bits per heavy atom. The van der Waals surface area contributed by atoms with Crippen LogP contribution in [0.3, 0.4) is 0 Å². The van der Waals surface area contributed by atoms with E-state index in [1.54, 1.807) is 7.11 Å². The fourth-order valence-corrected chi connectivity index (χ4v) is 2.47. The highest BCUT2D eigenvalue weighted by Crippen LogP contribution is 2.28. The number of ether oxygens (including phenoxy) is 1. The quantitative estimate of drug-likeness (QED) is 0.878. The summed E-state index contributed by atoms with van der Waals surface area (Å²) in [6.07, 6.45) is 0.907. The van der Waals surface area contributed by atoms with Gasteiger partial charge in [-0.1, -0.05) is 0 Å². The van der Waals surface area contributed by atoms with E-state index in [0.29, 0.717) is 6.54 Å². The number of nitrogens with two attached hydrogens (primary N) is 1. The average molecular weight is 278 g/mol. The Kier molecular flexibility index (Phi) is 4.70. The van der Waals surface area contributed by atoms with Crippen LogP contribution in [0.4, 0.5) is 10.8 Å². The van der Waals surface area contributed by atoms with Gasteiger partial charge in [0.2, 0.25) is 5.13 Å². The van der Waals surface area contributed by atoms with E-state index in [-0.39, 0.29) is 0 Å². The molecule has 0 atom stereocenters. The molecule has 0 saturated carbocycles. The minimum Gasteiger partial charge on any atom is -0.497 e. The summed E-state index contributed by atoms with van der Waals surface area (Å²) in [4.78, 5) is 6.58. The summed E-state index contributed by atoms with van der Waals surface area (Å²) in [6.45, 7) is 3.39. The number of rotatable bonds is 6. The van der Waals surface area contributed by atoms with Crippen molar-refractivity contribution in [2.75, 3.05) is 25.1 Å². The first-order chi connectivity index (χ1) is 9.24. The van der Waals surface area contributed by atoms with Crippen LogP contribution in [0.2, 0.25) is 0 Å². The Balaban J connectivity index is 2.25. The van der Waals surface area contributed by atoms with E-state index in [4.69, 9.17) is 10.5 Å². The second-order valence-electron chi connectivity index (χ2n) is 4.12. The van der Waals surface area contributed by atoms with E-state index >= 15 is 0 Å². The summed E-state index contributed by atoms with van der Waals surface area (Å²) in [7, 11) is 1.66. The van der Waals surface area contributed by atoms with E-state index in [9.17, 15) is 0 Å². The molecule has 0 unspecified atom stereocenters. The molecular weight excluding hydrogens is 260 g/mol. The van der Waals surface area contributed by atoms with Crippen molar-refractivity contribution in [3.05, 3.63) is 30.1 Å². The molecule has 0 saturated heterocycles. The highest BCUT2D eigenvalue weighted by Gasteiger charge is 2.13. The van der Waals surface area contributed by atoms with Gasteiger partial charge < -0.3 is 15.4 Å². The van der Waals surface area contributed by atoms with E-state index in [1.165, 1.54) is 11.5 Å². The first kappa shape index (κ1) is 13.8. The number of anilines is 2. The lowest BCUT2D eigenvalue weighted by molar-refractivity contribution is 0.415. The van der Waals surface area contributed by atoms with E-state index in [1.807, 2.05) is 31.2 Å². The zero-order valence-corrected chi connectivity index (χ0v) is 12.0. The molecule has 2 aromatic rings. The second kappa shape index (κ2) is 6.49. The maximum Gasteiger partial charge on any atom is 0.209 e. The summed E-state index contributed by atoms with van der Waals surface area (Å²) in [5, 5.41) is 0.899. The highest BCUT2D eigenvalue weighted by atomic mass is 32.1. The smallest absolute Gasteiger partial charge is 0.209 e. The maximum absolute atomic E-state index is 5.60. The lowest BCUT2D eigenvalue weighted by Crippen LogP contribution is -2.20. The van der Waals surface area contributed by atoms with Crippen molar-refractivity contribution in [3.63, 3.8) is 0 Å². The van der Waals surface area contributed by atoms with Crippen LogP contribution in [0.15, 0.2) is 24.3 Å². The molecule has 0 radical (unpaired) electrons. The number of hydrogen-bond acceptors (Lipinski definition) is 6. The Labute approximate surface area is 117 Å². The molecule has 1 heterocycles. The molecule has 2 N–H and O–H groups in total. The van der Waals surface area contributed by atoms with Gasteiger partial charge in [-0.25, -0.2) is 4.98 Å². The topological polar surface area (TPSA) is 64.3 Å². The molecule has 0 bridgehead atoms. The van der Waals surface area contributed by atoms with Crippen LogP contribution < -0.4 is 15.4 Å². The van der Waals surface area contributed by atoms with Crippen molar-refractivity contribution in [1.29, 1.82) is 0 Å². The molecular formula is C13H18N4OS. The van der Waals surface area contributed by atoms with Crippen molar-refractivity contribution >= 4 is 22.4 Å². The molecule has 19 heavy (non-hydrogen) atoms. The minimum atomic E-state index is 0.657. The Morgan fingerprint density at radius 2 is 2.05 bits per heavy atom. The van der Waals surface area contributed by atoms with Crippen LogP contribution in [0, 0.1) is 6.92 Å². The van der Waals surface area contributed by atoms with E-state index in [2.05, 4.69) is 14.3 Å². The molecule has 1 aromatic carbocycles. The maximum atomic E-state index is 5.60. The molecule has 0 aliphatic heterocycles. The predicted molar refractivity (Wildman–Crippen MR) is 78.3 cm³/mol. The Bertz CT molecular complexity index is 512. The third-order valence-corrected chi connectivity index (χ3v) is 3.55. The van der Waals surface area contributed by atoms with Crippen molar-refractivity contribution in [2.45, 2.75) is 13.3 Å². The highest BCUT2D eigenvalue weighted by molar-refractivity contribution is 7.09. The number of aryl methyl sites for hydroxylation is 1. The number of aromatic nitrogens is 2. The van der Waals surface area contributed by atoms with Crippen LogP contribution >= 0.6 is 11.5 Å². The minimum absolute atomic E-state index is 0.657. The number of hydrogen-bond donors (Lipinski definition) is 1. The number of methoxy groups -OCH3 is 1. The van der Waals surface area contributed by atoms with Crippen molar-refractivity contribution in [2.24, 2.45) is 5.73 Å². The SMILES string of the molecule is COc1ccc(N(CCCN)c2nc(C)ns2)cc1. The van der Waals surface area contributed by atoms with E-state index < -0.39 is 0 Å². The lowest BCUT2D eigenvalue weighted by Gasteiger charge is -2.21. The molecule has 0 fully saturated rings. The second-order valence-corrected chi connectivity index (χ2v) is 4.85. The van der Waals surface area contributed by atoms with Gasteiger partial charge in [0.1, 0.15) is 11.6 Å². The molecule has 0 aliphatic carbocycles. The third-order valence-electron chi connectivity index (χ3n) is 2.72. The van der Waals surface area contributed by atoms with Crippen molar-refractivity contribution < 1.29 is 4.74 Å². The summed E-state index contributed by atoms with van der Waals surface area (Å²) >= 11 is 1.41. The molecule has 0 amide bonds. The fraction of sp³-hybridized carbons (Fsp3) is 0.385. The molecule has 5 nitrogen and oxygen atoms in total. The fourth-order valence-electron chi connectivity index (χ4n) is 1.74. The third kappa shape index (κ3) is 3.42. The van der Waals surface area contributed by atoms with Gasteiger partial charge in [-0.3, -0.25) is 0 Å². The summed E-state index contributed by atoms with van der Waals surface area (Å²) in [5.41, 5.74) is 6.68. The molecule has 2 rings (SSSR count). The summed E-state index contributed by atoms with van der Waals surface area (Å²) in [5.74, 6) is 1.64. The zero-order valence-electron chi connectivity index (χ0n) is 11.2. The largest absolute Gasteiger partial charge is 0.497 e. The first-order valence-corrected chi connectivity index (χ1v) is 6.94. The van der Waals surface area contributed by atoms with Gasteiger partial charge in [0.15, 0.2) is 0 Å². The monoisotopic (exact) mass is 278 g/mol. The van der Waals surface area contributed by atoms with Gasteiger partial charge in [-0.2, -0.15) is 4.37 Å². The van der Waals surface area contributed by atoms with Crippen LogP contribution in [0.1, 0.15) is 12.2 Å². The lowest BCUT2D eigenvalue weighted by atomic mass is 10.2. The van der Waals surface area contributed by atoms with Crippen molar-refractivity contribution in [3.8, 4) is 5.75 Å². The molecule has 102 valence electrons.